The Morgan fingerprint density at radius 3 is 2.73 bits per heavy atom. The fourth-order valence-corrected chi connectivity index (χ4v) is 3.59. The normalized spacial score (nSPS) is 22.0. The Labute approximate surface area is 152 Å². The van der Waals surface area contributed by atoms with Gasteiger partial charge in [0.2, 0.25) is 11.8 Å². The van der Waals surface area contributed by atoms with Crippen LogP contribution in [0.5, 0.6) is 5.75 Å². The van der Waals surface area contributed by atoms with Crippen LogP contribution in [-0.4, -0.2) is 80.7 Å². The zero-order valence-electron chi connectivity index (χ0n) is 15.3. The SMILES string of the molecule is CNC(=O)[C@@H]1COC2(CN(C(=O)Cc3ccc(F)cc3OC)C2)CN1C. The number of nitrogens with one attached hydrogen (secondary N) is 1. The molecule has 1 aromatic rings. The predicted octanol–water partition coefficient (Wildman–Crippen LogP) is 0.0344. The smallest absolute Gasteiger partial charge is 0.239 e. The molecule has 2 fully saturated rings. The largest absolute Gasteiger partial charge is 0.496 e. The minimum absolute atomic E-state index is 0.0554. The Hall–Kier alpha value is -2.19. The van der Waals surface area contributed by atoms with Crippen molar-refractivity contribution in [1.82, 2.24) is 15.1 Å². The molecule has 0 radical (unpaired) electrons. The number of rotatable bonds is 4. The Balaban J connectivity index is 1.57. The molecule has 0 saturated carbocycles. The molecule has 0 aliphatic carbocycles. The van der Waals surface area contributed by atoms with Gasteiger partial charge < -0.3 is 19.7 Å². The second kappa shape index (κ2) is 7.20. The summed E-state index contributed by atoms with van der Waals surface area (Å²) in [5.74, 6) is -0.154. The van der Waals surface area contributed by atoms with Gasteiger partial charge in [-0.1, -0.05) is 6.07 Å². The summed E-state index contributed by atoms with van der Waals surface area (Å²) in [7, 11) is 4.95. The molecule has 2 saturated heterocycles. The van der Waals surface area contributed by atoms with E-state index in [9.17, 15) is 14.0 Å². The molecule has 2 aliphatic heterocycles. The molecular formula is C18H24FN3O4. The number of nitrogens with zero attached hydrogens (tertiary/aromatic N) is 2. The number of benzene rings is 1. The van der Waals surface area contributed by atoms with Gasteiger partial charge >= 0.3 is 0 Å². The van der Waals surface area contributed by atoms with Crippen LogP contribution in [0.25, 0.3) is 0 Å². The number of methoxy groups -OCH3 is 1. The van der Waals surface area contributed by atoms with Crippen LogP contribution < -0.4 is 10.1 Å². The summed E-state index contributed by atoms with van der Waals surface area (Å²) in [6, 6.07) is 3.86. The standard InChI is InChI=1S/C18H24FN3O4/c1-20-17(24)14-8-26-18(9-21(14)2)10-22(11-18)16(23)6-12-4-5-13(19)7-15(12)25-3/h4-5,7,14H,6,8-11H2,1-3H3,(H,20,24)/t14-/m0/s1. The van der Waals surface area contributed by atoms with E-state index in [1.165, 1.54) is 19.2 Å². The number of hydrogen-bond acceptors (Lipinski definition) is 5. The highest BCUT2D eigenvalue weighted by molar-refractivity contribution is 5.82. The summed E-state index contributed by atoms with van der Waals surface area (Å²) >= 11 is 0. The lowest BCUT2D eigenvalue weighted by atomic mass is 9.90. The Bertz CT molecular complexity index is 706. The third kappa shape index (κ3) is 3.52. The quantitative estimate of drug-likeness (QED) is 0.816. The lowest BCUT2D eigenvalue weighted by Gasteiger charge is -2.54. The van der Waals surface area contributed by atoms with E-state index in [2.05, 4.69) is 5.32 Å². The third-order valence-electron chi connectivity index (χ3n) is 5.07. The number of morpholine rings is 1. The minimum Gasteiger partial charge on any atom is -0.496 e. The molecule has 2 aliphatic rings. The summed E-state index contributed by atoms with van der Waals surface area (Å²) < 4.78 is 24.3. The summed E-state index contributed by atoms with van der Waals surface area (Å²) in [5.41, 5.74) is 0.239. The van der Waals surface area contributed by atoms with Crippen LogP contribution in [0.3, 0.4) is 0 Å². The van der Waals surface area contributed by atoms with Gasteiger partial charge in [0, 0.05) is 25.2 Å². The second-order valence-corrected chi connectivity index (χ2v) is 6.92. The van der Waals surface area contributed by atoms with Crippen molar-refractivity contribution in [2.45, 2.75) is 18.1 Å². The first-order chi connectivity index (χ1) is 12.4. The van der Waals surface area contributed by atoms with E-state index in [1.807, 2.05) is 11.9 Å². The molecule has 1 atom stereocenters. The van der Waals surface area contributed by atoms with Crippen molar-refractivity contribution in [3.63, 3.8) is 0 Å². The number of halogens is 1. The lowest BCUT2D eigenvalue weighted by Crippen LogP contribution is -2.73. The van der Waals surface area contributed by atoms with Crippen LogP contribution in [-0.2, 0) is 20.7 Å². The molecule has 0 unspecified atom stereocenters. The zero-order chi connectivity index (χ0) is 18.9. The summed E-state index contributed by atoms with van der Waals surface area (Å²) in [6.07, 6.45) is 0.149. The van der Waals surface area contributed by atoms with Gasteiger partial charge in [-0.05, 0) is 13.1 Å². The molecule has 8 heteroatoms. The highest BCUT2D eigenvalue weighted by atomic mass is 19.1. The van der Waals surface area contributed by atoms with Crippen LogP contribution >= 0.6 is 0 Å². The van der Waals surface area contributed by atoms with E-state index >= 15 is 0 Å². The van der Waals surface area contributed by atoms with Crippen LogP contribution in [0.1, 0.15) is 5.56 Å². The zero-order valence-corrected chi connectivity index (χ0v) is 15.3. The van der Waals surface area contributed by atoms with E-state index in [4.69, 9.17) is 9.47 Å². The molecule has 142 valence electrons. The van der Waals surface area contributed by atoms with Crippen molar-refractivity contribution in [3.8, 4) is 5.75 Å². The first-order valence-corrected chi connectivity index (χ1v) is 8.53. The molecule has 0 aromatic heterocycles. The van der Waals surface area contributed by atoms with E-state index < -0.39 is 11.4 Å². The monoisotopic (exact) mass is 365 g/mol. The molecule has 7 nitrogen and oxygen atoms in total. The van der Waals surface area contributed by atoms with Gasteiger partial charge in [0.05, 0.1) is 33.2 Å². The first-order valence-electron chi connectivity index (χ1n) is 8.53. The van der Waals surface area contributed by atoms with Crippen LogP contribution in [0.2, 0.25) is 0 Å². The van der Waals surface area contributed by atoms with Gasteiger partial charge in [0.25, 0.3) is 0 Å². The molecule has 26 heavy (non-hydrogen) atoms. The van der Waals surface area contributed by atoms with Gasteiger partial charge in [-0.2, -0.15) is 0 Å². The molecule has 2 heterocycles. The Kier molecular flexibility index (Phi) is 5.15. The average molecular weight is 365 g/mol. The van der Waals surface area contributed by atoms with Crippen molar-refractivity contribution < 1.29 is 23.5 Å². The van der Waals surface area contributed by atoms with Crippen molar-refractivity contribution in [1.29, 1.82) is 0 Å². The molecule has 1 aromatic carbocycles. The van der Waals surface area contributed by atoms with Gasteiger partial charge in [-0.25, -0.2) is 4.39 Å². The number of carbonyl (C=O) groups is 2. The van der Waals surface area contributed by atoms with Gasteiger partial charge in [-0.15, -0.1) is 0 Å². The van der Waals surface area contributed by atoms with Crippen LogP contribution in [0, 0.1) is 5.82 Å². The van der Waals surface area contributed by atoms with Crippen molar-refractivity contribution in [2.75, 3.05) is 47.4 Å². The van der Waals surface area contributed by atoms with Gasteiger partial charge in [-0.3, -0.25) is 14.5 Å². The Morgan fingerprint density at radius 2 is 2.12 bits per heavy atom. The maximum Gasteiger partial charge on any atom is 0.239 e. The average Bonchev–Trinajstić information content (AvgIpc) is 2.60. The molecule has 3 rings (SSSR count). The second-order valence-electron chi connectivity index (χ2n) is 6.92. The number of carbonyl (C=O) groups excluding carboxylic acids is 2. The molecule has 2 amide bonds. The highest BCUT2D eigenvalue weighted by Crippen LogP contribution is 2.31. The summed E-state index contributed by atoms with van der Waals surface area (Å²) in [5, 5.41) is 2.63. The van der Waals surface area contributed by atoms with E-state index in [1.54, 1.807) is 18.0 Å². The molecule has 1 spiro atoms. The predicted molar refractivity (Wildman–Crippen MR) is 92.4 cm³/mol. The fraction of sp³-hybridized carbons (Fsp3) is 0.556. The number of amides is 2. The van der Waals surface area contributed by atoms with Gasteiger partial charge in [0.15, 0.2) is 0 Å². The number of likely N-dealkylation sites (tertiary alicyclic amines) is 1. The lowest BCUT2D eigenvalue weighted by molar-refractivity contribution is -0.200. The number of hydrogen-bond donors (Lipinski definition) is 1. The Morgan fingerprint density at radius 1 is 1.38 bits per heavy atom. The molecular weight excluding hydrogens is 341 g/mol. The van der Waals surface area contributed by atoms with Gasteiger partial charge in [0.1, 0.15) is 23.2 Å². The fourth-order valence-electron chi connectivity index (χ4n) is 3.59. The summed E-state index contributed by atoms with van der Waals surface area (Å²) in [4.78, 5) is 28.0. The third-order valence-corrected chi connectivity index (χ3v) is 5.07. The maximum atomic E-state index is 13.3. The van der Waals surface area contributed by atoms with E-state index in [0.717, 1.165) is 0 Å². The summed E-state index contributed by atoms with van der Waals surface area (Å²) in [6.45, 7) is 1.87. The number of likely N-dealkylation sites (N-methyl/N-ethyl adjacent to an activating group) is 2. The van der Waals surface area contributed by atoms with Crippen molar-refractivity contribution >= 4 is 11.8 Å². The van der Waals surface area contributed by atoms with E-state index in [0.29, 0.717) is 37.6 Å². The molecule has 1 N–H and O–H groups in total. The van der Waals surface area contributed by atoms with Crippen LogP contribution in [0.15, 0.2) is 18.2 Å². The van der Waals surface area contributed by atoms with Crippen molar-refractivity contribution in [2.24, 2.45) is 0 Å². The highest BCUT2D eigenvalue weighted by Gasteiger charge is 2.51. The first kappa shape index (κ1) is 18.6. The maximum absolute atomic E-state index is 13.3. The topological polar surface area (TPSA) is 71.1 Å². The minimum atomic E-state index is -0.415. The van der Waals surface area contributed by atoms with Crippen LogP contribution in [0.4, 0.5) is 4.39 Å². The number of ether oxygens (including phenoxy) is 2. The van der Waals surface area contributed by atoms with Crippen molar-refractivity contribution in [3.05, 3.63) is 29.6 Å². The van der Waals surface area contributed by atoms with E-state index in [-0.39, 0.29) is 24.3 Å². The molecule has 0 bridgehead atoms.